The molecule has 0 fully saturated rings. The lowest BCUT2D eigenvalue weighted by Gasteiger charge is -2.08. The molecule has 1 aromatic carbocycles. The predicted molar refractivity (Wildman–Crippen MR) is 93.6 cm³/mol. The van der Waals surface area contributed by atoms with E-state index in [4.69, 9.17) is 5.73 Å². The van der Waals surface area contributed by atoms with Crippen LogP contribution in [0, 0.1) is 0 Å². The van der Waals surface area contributed by atoms with Gasteiger partial charge in [-0.25, -0.2) is 0 Å². The van der Waals surface area contributed by atoms with Crippen LogP contribution < -0.4 is 16.4 Å². The molecular weight excluding hydrogens is 326 g/mol. The minimum atomic E-state index is -0.517. The van der Waals surface area contributed by atoms with Gasteiger partial charge in [-0.1, -0.05) is 6.07 Å². The maximum Gasteiger partial charge on any atom is 0.256 e. The molecule has 1 heterocycles. The van der Waals surface area contributed by atoms with Crippen LogP contribution in [0.15, 0.2) is 24.3 Å². The topological polar surface area (TPSA) is 101 Å². The molecule has 1 aliphatic carbocycles. The highest BCUT2D eigenvalue weighted by molar-refractivity contribution is 7.17. The summed E-state index contributed by atoms with van der Waals surface area (Å²) in [5.41, 5.74) is 7.83. The van der Waals surface area contributed by atoms with E-state index >= 15 is 0 Å². The number of thiophene rings is 1. The van der Waals surface area contributed by atoms with Crippen LogP contribution in [-0.2, 0) is 17.6 Å². The number of fused-ring (bicyclic) bond motifs is 1. The van der Waals surface area contributed by atoms with Gasteiger partial charge < -0.3 is 16.4 Å². The fourth-order valence-electron chi connectivity index (χ4n) is 2.87. The first-order chi connectivity index (χ1) is 11.5. The summed E-state index contributed by atoms with van der Waals surface area (Å²) in [5.74, 6) is -1.07. The Morgan fingerprint density at radius 3 is 2.67 bits per heavy atom. The quantitative estimate of drug-likeness (QED) is 0.795. The average Bonchev–Trinajstić information content (AvgIpc) is 3.06. The van der Waals surface area contributed by atoms with Gasteiger partial charge in [-0.05, 0) is 43.0 Å². The third kappa shape index (κ3) is 3.16. The molecule has 0 saturated carbocycles. The van der Waals surface area contributed by atoms with E-state index in [1.54, 1.807) is 24.3 Å². The van der Waals surface area contributed by atoms with Crippen LogP contribution in [0.3, 0.4) is 0 Å². The number of carbonyl (C=O) groups is 3. The fraction of sp³-hybridized carbons (Fsp3) is 0.235. The molecule has 6 nitrogen and oxygen atoms in total. The lowest BCUT2D eigenvalue weighted by molar-refractivity contribution is -0.114. The summed E-state index contributed by atoms with van der Waals surface area (Å²) in [6, 6.07) is 6.62. The Hall–Kier alpha value is -2.67. The number of hydrogen-bond donors (Lipinski definition) is 3. The van der Waals surface area contributed by atoms with Crippen LogP contribution in [0.1, 0.15) is 44.5 Å². The number of carbonyl (C=O) groups excluding carboxylic acids is 3. The molecule has 1 aromatic heterocycles. The van der Waals surface area contributed by atoms with Crippen LogP contribution in [-0.4, -0.2) is 17.7 Å². The number of hydrogen-bond acceptors (Lipinski definition) is 4. The van der Waals surface area contributed by atoms with Crippen molar-refractivity contribution in [2.75, 3.05) is 10.6 Å². The molecule has 0 unspecified atom stereocenters. The molecule has 0 aliphatic heterocycles. The van der Waals surface area contributed by atoms with E-state index in [1.165, 1.54) is 18.3 Å². The molecule has 24 heavy (non-hydrogen) atoms. The lowest BCUT2D eigenvalue weighted by Crippen LogP contribution is -2.18. The van der Waals surface area contributed by atoms with Gasteiger partial charge in [-0.15, -0.1) is 11.3 Å². The molecule has 124 valence electrons. The van der Waals surface area contributed by atoms with Crippen LogP contribution in [0.2, 0.25) is 0 Å². The van der Waals surface area contributed by atoms with Crippen molar-refractivity contribution in [1.82, 2.24) is 0 Å². The van der Waals surface area contributed by atoms with Gasteiger partial charge in [-0.2, -0.15) is 0 Å². The summed E-state index contributed by atoms with van der Waals surface area (Å²) in [7, 11) is 0. The highest BCUT2D eigenvalue weighted by Gasteiger charge is 2.26. The van der Waals surface area contributed by atoms with Crippen molar-refractivity contribution in [3.05, 3.63) is 45.8 Å². The van der Waals surface area contributed by atoms with Gasteiger partial charge in [0.2, 0.25) is 5.91 Å². The van der Waals surface area contributed by atoms with Gasteiger partial charge >= 0.3 is 0 Å². The molecule has 2 aromatic rings. The van der Waals surface area contributed by atoms with Crippen molar-refractivity contribution < 1.29 is 14.4 Å². The molecule has 3 rings (SSSR count). The number of anilines is 2. The monoisotopic (exact) mass is 343 g/mol. The number of benzene rings is 1. The first-order valence-electron chi connectivity index (χ1n) is 7.59. The zero-order chi connectivity index (χ0) is 17.3. The lowest BCUT2D eigenvalue weighted by atomic mass is 10.1. The molecule has 1 aliphatic rings. The Morgan fingerprint density at radius 2 is 1.96 bits per heavy atom. The standard InChI is InChI=1S/C17H17N3O3S/c1-9(21)19-11-5-2-4-10(8-11)16(23)20-17-14(15(18)22)12-6-3-7-13(12)24-17/h2,4-5,8H,3,6-7H2,1H3,(H2,18,22)(H,19,21)(H,20,23). The molecule has 7 heteroatoms. The second-order valence-electron chi connectivity index (χ2n) is 5.64. The third-order valence-electron chi connectivity index (χ3n) is 3.84. The fourth-order valence-corrected chi connectivity index (χ4v) is 4.16. The summed E-state index contributed by atoms with van der Waals surface area (Å²) in [6.07, 6.45) is 2.74. The predicted octanol–water partition coefficient (Wildman–Crippen LogP) is 2.55. The number of nitrogens with one attached hydrogen (secondary N) is 2. The molecule has 0 saturated heterocycles. The number of amides is 3. The maximum atomic E-state index is 12.5. The number of aryl methyl sites for hydroxylation is 1. The van der Waals surface area contributed by atoms with E-state index < -0.39 is 5.91 Å². The summed E-state index contributed by atoms with van der Waals surface area (Å²) < 4.78 is 0. The van der Waals surface area contributed by atoms with E-state index in [1.807, 2.05) is 0 Å². The number of primary amides is 1. The number of rotatable bonds is 4. The third-order valence-corrected chi connectivity index (χ3v) is 5.05. The molecule has 3 amide bonds. The highest BCUT2D eigenvalue weighted by atomic mass is 32.1. The van der Waals surface area contributed by atoms with E-state index in [9.17, 15) is 14.4 Å². The summed E-state index contributed by atoms with van der Waals surface area (Å²) in [4.78, 5) is 36.5. The first-order valence-corrected chi connectivity index (χ1v) is 8.40. The van der Waals surface area contributed by atoms with Gasteiger partial charge in [0.25, 0.3) is 11.8 Å². The highest BCUT2D eigenvalue weighted by Crippen LogP contribution is 2.39. The van der Waals surface area contributed by atoms with Crippen molar-refractivity contribution in [2.45, 2.75) is 26.2 Å². The van der Waals surface area contributed by atoms with Crippen LogP contribution >= 0.6 is 11.3 Å². The molecule has 0 spiro atoms. The van der Waals surface area contributed by atoms with Gasteiger partial charge in [0.1, 0.15) is 5.00 Å². The molecular formula is C17H17N3O3S. The van der Waals surface area contributed by atoms with E-state index in [2.05, 4.69) is 10.6 Å². The van der Waals surface area contributed by atoms with Gasteiger partial charge in [0, 0.05) is 23.1 Å². The minimum absolute atomic E-state index is 0.210. The van der Waals surface area contributed by atoms with Crippen molar-refractivity contribution in [1.29, 1.82) is 0 Å². The van der Waals surface area contributed by atoms with E-state index in [0.29, 0.717) is 21.8 Å². The molecule has 4 N–H and O–H groups in total. The molecule has 0 atom stereocenters. The molecule has 0 bridgehead atoms. The second-order valence-corrected chi connectivity index (χ2v) is 6.75. The van der Waals surface area contributed by atoms with Crippen molar-refractivity contribution >= 4 is 39.7 Å². The smallest absolute Gasteiger partial charge is 0.256 e. The van der Waals surface area contributed by atoms with Crippen molar-refractivity contribution in [2.24, 2.45) is 5.73 Å². The van der Waals surface area contributed by atoms with Crippen molar-refractivity contribution in [3.63, 3.8) is 0 Å². The van der Waals surface area contributed by atoms with Crippen LogP contribution in [0.4, 0.5) is 10.7 Å². The minimum Gasteiger partial charge on any atom is -0.365 e. The number of nitrogens with two attached hydrogens (primary N) is 1. The van der Waals surface area contributed by atoms with Gasteiger partial charge in [0.15, 0.2) is 0 Å². The van der Waals surface area contributed by atoms with Gasteiger partial charge in [0.05, 0.1) is 5.56 Å². The molecule has 0 radical (unpaired) electrons. The Balaban J connectivity index is 1.86. The Bertz CT molecular complexity index is 842. The second kappa shape index (κ2) is 6.45. The Kier molecular flexibility index (Phi) is 4.35. The Morgan fingerprint density at radius 1 is 1.17 bits per heavy atom. The largest absolute Gasteiger partial charge is 0.365 e. The van der Waals surface area contributed by atoms with Crippen LogP contribution in [0.25, 0.3) is 0 Å². The van der Waals surface area contributed by atoms with E-state index in [-0.39, 0.29) is 11.8 Å². The summed E-state index contributed by atoms with van der Waals surface area (Å²) in [5, 5.41) is 5.92. The summed E-state index contributed by atoms with van der Waals surface area (Å²) >= 11 is 1.41. The zero-order valence-electron chi connectivity index (χ0n) is 13.1. The van der Waals surface area contributed by atoms with Crippen molar-refractivity contribution in [3.8, 4) is 0 Å². The van der Waals surface area contributed by atoms with E-state index in [0.717, 1.165) is 29.7 Å². The average molecular weight is 343 g/mol. The van der Waals surface area contributed by atoms with Gasteiger partial charge in [-0.3, -0.25) is 14.4 Å². The Labute approximate surface area is 143 Å². The zero-order valence-corrected chi connectivity index (χ0v) is 14.0. The SMILES string of the molecule is CC(=O)Nc1cccc(C(=O)Nc2sc3c(c2C(N)=O)CCC3)c1. The van der Waals surface area contributed by atoms with Crippen LogP contribution in [0.5, 0.6) is 0 Å². The maximum absolute atomic E-state index is 12.5. The first kappa shape index (κ1) is 16.2. The normalized spacial score (nSPS) is 12.5. The summed E-state index contributed by atoms with van der Waals surface area (Å²) in [6.45, 7) is 1.40.